The van der Waals surface area contributed by atoms with Gasteiger partial charge < -0.3 is 43.8 Å². The minimum absolute atomic E-state index is 0.0700. The van der Waals surface area contributed by atoms with Crippen molar-refractivity contribution in [2.75, 3.05) is 31.9 Å². The Balaban J connectivity index is 1.72. The van der Waals surface area contributed by atoms with Gasteiger partial charge in [-0.25, -0.2) is 0 Å². The summed E-state index contributed by atoms with van der Waals surface area (Å²) in [4.78, 5) is 77.6. The highest BCUT2D eigenvalue weighted by Crippen LogP contribution is 2.39. The maximum Gasteiger partial charge on any atom is 0.243 e. The molecule has 0 aromatic carbocycles. The van der Waals surface area contributed by atoms with Crippen LogP contribution in [0.3, 0.4) is 0 Å². The van der Waals surface area contributed by atoms with Gasteiger partial charge in [0.2, 0.25) is 35.4 Å². The third kappa shape index (κ3) is 16.8. The first-order valence-electron chi connectivity index (χ1n) is 14.9. The highest BCUT2D eigenvalue weighted by molar-refractivity contribution is 8.77. The zero-order valence-electron chi connectivity index (χ0n) is 25.3. The number of guanidine groups is 1. The number of rotatable bonds is 21. The van der Waals surface area contributed by atoms with Gasteiger partial charge in [0.15, 0.2) is 5.96 Å². The number of hydrogen-bond donors (Lipinski definition) is 8. The van der Waals surface area contributed by atoms with Gasteiger partial charge >= 0.3 is 0 Å². The normalized spacial score (nSPS) is 16.8. The predicted molar refractivity (Wildman–Crippen MR) is 175 cm³/mol. The summed E-state index contributed by atoms with van der Waals surface area (Å²) < 4.78 is 0. The van der Waals surface area contributed by atoms with Crippen LogP contribution in [0.1, 0.15) is 51.4 Å². The monoisotopic (exact) mass is 667 g/mol. The molecule has 11 N–H and O–H groups in total. The maximum absolute atomic E-state index is 13.0. The third-order valence-corrected chi connectivity index (χ3v) is 9.84. The number of primary amides is 1. The Morgan fingerprint density at radius 2 is 1.44 bits per heavy atom. The number of aliphatic imine (C=N–C) groups is 1. The number of nitrogens with two attached hydrogens (primary N) is 3. The van der Waals surface area contributed by atoms with Crippen LogP contribution in [-0.4, -0.2) is 90.7 Å². The van der Waals surface area contributed by atoms with Gasteiger partial charge in [-0.15, -0.1) is 0 Å². The summed E-state index contributed by atoms with van der Waals surface area (Å²) in [6.45, 7) is -0.948. The molecule has 45 heavy (non-hydrogen) atoms. The minimum atomic E-state index is -1.07. The van der Waals surface area contributed by atoms with Crippen LogP contribution in [0.2, 0.25) is 0 Å². The molecule has 0 bridgehead atoms. The van der Waals surface area contributed by atoms with Crippen molar-refractivity contribution in [3.63, 3.8) is 0 Å². The van der Waals surface area contributed by atoms with E-state index in [0.717, 1.165) is 19.3 Å². The lowest BCUT2D eigenvalue weighted by atomic mass is 10.00. The number of amides is 6. The molecule has 0 aromatic heterocycles. The number of hydrogen-bond acceptors (Lipinski definition) is 9. The van der Waals surface area contributed by atoms with Gasteiger partial charge in [0.1, 0.15) is 12.1 Å². The van der Waals surface area contributed by atoms with E-state index in [4.69, 9.17) is 17.2 Å². The summed E-state index contributed by atoms with van der Waals surface area (Å²) in [6, 6.07) is -2.04. The van der Waals surface area contributed by atoms with Crippen LogP contribution in [0.4, 0.5) is 0 Å². The third-order valence-electron chi connectivity index (χ3n) is 6.84. The molecule has 2 aliphatic rings. The Labute approximate surface area is 270 Å². The quantitative estimate of drug-likeness (QED) is 0.0310. The molecule has 0 saturated carbocycles. The molecule has 0 spiro atoms. The second kappa shape index (κ2) is 21.1. The fourth-order valence-corrected chi connectivity index (χ4v) is 7.44. The van der Waals surface area contributed by atoms with E-state index >= 15 is 0 Å². The highest BCUT2D eigenvalue weighted by Gasteiger charge is 2.27. The van der Waals surface area contributed by atoms with Crippen LogP contribution in [0.25, 0.3) is 0 Å². The Morgan fingerprint density at radius 3 is 2.04 bits per heavy atom. The number of allylic oxidation sites excluding steroid dienone is 4. The van der Waals surface area contributed by atoms with Crippen LogP contribution >= 0.6 is 21.6 Å². The molecule has 2 rings (SSSR count). The zero-order valence-corrected chi connectivity index (χ0v) is 26.9. The van der Waals surface area contributed by atoms with E-state index in [9.17, 15) is 28.8 Å². The van der Waals surface area contributed by atoms with Crippen LogP contribution in [0.5, 0.6) is 0 Å². The number of carbonyl (C=O) groups excluding carboxylic acids is 6. The molecule has 15 nitrogen and oxygen atoms in total. The first-order chi connectivity index (χ1) is 21.5. The molecule has 1 aliphatic heterocycles. The van der Waals surface area contributed by atoms with Crippen LogP contribution in [-0.2, 0) is 28.8 Å². The molecule has 3 atom stereocenters. The summed E-state index contributed by atoms with van der Waals surface area (Å²) in [5, 5.41) is 13.1. The molecule has 0 radical (unpaired) electrons. The SMILES string of the molecule is NC(=O)[C@H](CC1C=CC=C1)NC(=O)[C@H](CCCN=C(N)N)NC(=O)CNC(=O)CNC(=O)CNC(=O)CCCCC1CCSS1. The van der Waals surface area contributed by atoms with Gasteiger partial charge in [-0.05, 0) is 44.4 Å². The minimum Gasteiger partial charge on any atom is -0.370 e. The van der Waals surface area contributed by atoms with Crippen molar-refractivity contribution in [1.82, 2.24) is 26.6 Å². The first-order valence-corrected chi connectivity index (χ1v) is 17.3. The number of nitrogens with one attached hydrogen (secondary N) is 5. The summed E-state index contributed by atoms with van der Waals surface area (Å²) in [6.07, 6.45) is 12.4. The Morgan fingerprint density at radius 1 is 0.800 bits per heavy atom. The number of nitrogens with zero attached hydrogens (tertiary/aromatic N) is 1. The van der Waals surface area contributed by atoms with E-state index in [1.54, 1.807) is 0 Å². The molecule has 1 aliphatic carbocycles. The van der Waals surface area contributed by atoms with Gasteiger partial charge in [-0.1, -0.05) is 52.3 Å². The van der Waals surface area contributed by atoms with Gasteiger partial charge in [0.05, 0.1) is 19.6 Å². The van der Waals surface area contributed by atoms with Gasteiger partial charge in [-0.2, -0.15) is 0 Å². The van der Waals surface area contributed by atoms with E-state index in [1.165, 1.54) is 12.2 Å². The van der Waals surface area contributed by atoms with Crippen molar-refractivity contribution in [2.45, 2.75) is 68.7 Å². The van der Waals surface area contributed by atoms with Crippen molar-refractivity contribution < 1.29 is 28.8 Å². The van der Waals surface area contributed by atoms with Crippen molar-refractivity contribution in [3.8, 4) is 0 Å². The molecule has 6 amide bonds. The smallest absolute Gasteiger partial charge is 0.243 e. The largest absolute Gasteiger partial charge is 0.370 e. The number of unbranched alkanes of at least 4 members (excludes halogenated alkanes) is 1. The lowest BCUT2D eigenvalue weighted by Gasteiger charge is -2.23. The van der Waals surface area contributed by atoms with Gasteiger partial charge in [0, 0.05) is 24.0 Å². The average molecular weight is 668 g/mol. The Kier molecular flexibility index (Phi) is 17.6. The summed E-state index contributed by atoms with van der Waals surface area (Å²) in [5.74, 6) is -2.46. The molecule has 1 unspecified atom stereocenters. The molecular formula is C28H45N9O6S2. The zero-order chi connectivity index (χ0) is 33.0. The summed E-state index contributed by atoms with van der Waals surface area (Å²) in [5.41, 5.74) is 16.2. The Bertz CT molecular complexity index is 1110. The topological polar surface area (TPSA) is 253 Å². The second-order valence-corrected chi connectivity index (χ2v) is 13.4. The lowest BCUT2D eigenvalue weighted by Crippen LogP contribution is -2.54. The lowest BCUT2D eigenvalue weighted by molar-refractivity contribution is -0.132. The second-order valence-electron chi connectivity index (χ2n) is 10.6. The van der Waals surface area contributed by atoms with Crippen molar-refractivity contribution in [3.05, 3.63) is 24.3 Å². The molecule has 0 aromatic rings. The van der Waals surface area contributed by atoms with Crippen molar-refractivity contribution in [1.29, 1.82) is 0 Å². The predicted octanol–water partition coefficient (Wildman–Crippen LogP) is -1.31. The van der Waals surface area contributed by atoms with Crippen molar-refractivity contribution >= 4 is 63.0 Å². The molecule has 1 heterocycles. The first kappa shape index (κ1) is 37.5. The molecular weight excluding hydrogens is 622 g/mol. The maximum atomic E-state index is 13.0. The molecule has 250 valence electrons. The van der Waals surface area contributed by atoms with Crippen LogP contribution in [0.15, 0.2) is 29.3 Å². The molecule has 17 heteroatoms. The Hall–Kier alpha value is -3.73. The average Bonchev–Trinajstić information content (AvgIpc) is 3.72. The summed E-state index contributed by atoms with van der Waals surface area (Å²) in [7, 11) is 3.79. The van der Waals surface area contributed by atoms with Gasteiger partial charge in [-0.3, -0.25) is 33.8 Å². The van der Waals surface area contributed by atoms with Crippen LogP contribution < -0.4 is 43.8 Å². The standard InChI is InChI=1S/C28H45N9O6S2/c29-26(42)21(14-18-6-1-2-7-18)37-27(43)20(9-5-12-32-28(30)31)36-25(41)17-35-24(40)16-34-23(39)15-33-22(38)10-4-3-8-19-11-13-44-45-19/h1-2,6-7,18-21H,3-5,8-17H2,(H2,29,42)(H,33,38)(H,34,39)(H,35,40)(H,36,41)(H,37,43)(H4,30,31,32)/t19?,20-,21-/m0/s1. The molecule has 1 saturated heterocycles. The molecule has 1 fully saturated rings. The number of carbonyl (C=O) groups is 6. The fraction of sp³-hybridized carbons (Fsp3) is 0.607. The van der Waals surface area contributed by atoms with Crippen LogP contribution in [0, 0.1) is 5.92 Å². The fourth-order valence-electron chi connectivity index (χ4n) is 4.42. The van der Waals surface area contributed by atoms with E-state index in [-0.39, 0.29) is 43.7 Å². The van der Waals surface area contributed by atoms with E-state index in [0.29, 0.717) is 18.1 Å². The summed E-state index contributed by atoms with van der Waals surface area (Å²) >= 11 is 0. The van der Waals surface area contributed by atoms with E-state index in [1.807, 2.05) is 45.9 Å². The highest BCUT2D eigenvalue weighted by atomic mass is 33.1. The van der Waals surface area contributed by atoms with Gasteiger partial charge in [0.25, 0.3) is 0 Å². The van der Waals surface area contributed by atoms with Crippen molar-refractivity contribution in [2.24, 2.45) is 28.1 Å². The van der Waals surface area contributed by atoms with E-state index in [2.05, 4.69) is 31.6 Å². The van der Waals surface area contributed by atoms with E-state index < -0.39 is 54.7 Å².